The summed E-state index contributed by atoms with van der Waals surface area (Å²) in [6.07, 6.45) is -9.91. The molecule has 9 nitrogen and oxygen atoms in total. The highest BCUT2D eigenvalue weighted by atomic mass is 79.9. The van der Waals surface area contributed by atoms with E-state index >= 15 is 0 Å². The third-order valence-corrected chi connectivity index (χ3v) is 6.97. The largest absolute Gasteiger partial charge is 0.479 e. The molecule has 4 rings (SSSR count). The molecule has 0 saturated carbocycles. The van der Waals surface area contributed by atoms with Crippen molar-refractivity contribution in [2.75, 3.05) is 0 Å². The number of carbonyl (C=O) groups is 2. The van der Waals surface area contributed by atoms with Gasteiger partial charge in [-0.25, -0.2) is 19.0 Å². The van der Waals surface area contributed by atoms with Crippen LogP contribution >= 0.6 is 27.5 Å². The average molecular weight is 771 g/mol. The second kappa shape index (κ2) is 15.2. The van der Waals surface area contributed by atoms with Gasteiger partial charge in [0.05, 0.1) is 26.7 Å². The molecule has 48 heavy (non-hydrogen) atoms. The molecule has 0 fully saturated rings. The van der Waals surface area contributed by atoms with Crippen LogP contribution in [0.2, 0.25) is 5.02 Å². The first-order chi connectivity index (χ1) is 22.2. The van der Waals surface area contributed by atoms with Gasteiger partial charge in [-0.15, -0.1) is 0 Å². The number of hydrogen-bond acceptors (Lipinski definition) is 7. The van der Waals surface area contributed by atoms with Gasteiger partial charge in [0, 0.05) is 24.9 Å². The van der Waals surface area contributed by atoms with Gasteiger partial charge in [0.1, 0.15) is 23.0 Å². The highest BCUT2D eigenvalue weighted by Crippen LogP contribution is 2.41. The Morgan fingerprint density at radius 3 is 2.04 bits per heavy atom. The van der Waals surface area contributed by atoms with Crippen LogP contribution in [0.1, 0.15) is 42.4 Å². The van der Waals surface area contributed by atoms with Crippen molar-refractivity contribution < 1.29 is 59.6 Å². The van der Waals surface area contributed by atoms with Crippen molar-refractivity contribution >= 4 is 39.5 Å². The molecule has 1 N–H and O–H groups in total. The normalized spacial score (nSPS) is 12.2. The van der Waals surface area contributed by atoms with Crippen molar-refractivity contribution in [3.05, 3.63) is 86.9 Å². The SMILES string of the molecule is CC(C)OC(=O)c1cc(-c2nn(C)c(C(F)(F)F)c2Br)c(F)cc1Cl.CC(Oc1ccc(Oc2ccc(C(F)(F)F)cn2)cc1)C(=O)O. The Hall–Kier alpha value is -4.38. The number of ether oxygens (including phenoxy) is 3. The predicted molar refractivity (Wildman–Crippen MR) is 160 cm³/mol. The molecule has 2 aromatic carbocycles. The highest BCUT2D eigenvalue weighted by Gasteiger charge is 2.39. The Morgan fingerprint density at radius 1 is 0.958 bits per heavy atom. The minimum absolute atomic E-state index is 0.00516. The van der Waals surface area contributed by atoms with E-state index in [0.29, 0.717) is 22.4 Å². The van der Waals surface area contributed by atoms with Crippen LogP contribution in [0.3, 0.4) is 0 Å². The number of pyridine rings is 1. The molecule has 0 aliphatic heterocycles. The van der Waals surface area contributed by atoms with Crippen molar-refractivity contribution in [2.24, 2.45) is 7.05 Å². The Balaban J connectivity index is 0.000000261. The lowest BCUT2D eigenvalue weighted by Crippen LogP contribution is -2.22. The summed E-state index contributed by atoms with van der Waals surface area (Å²) in [6.45, 7) is 4.61. The first-order valence-corrected chi connectivity index (χ1v) is 14.6. The summed E-state index contributed by atoms with van der Waals surface area (Å²) in [6, 6.07) is 9.79. The molecular weight excluding hydrogens is 747 g/mol. The fraction of sp³-hybridized carbons (Fsp3) is 0.267. The number of benzene rings is 2. The molecule has 0 radical (unpaired) electrons. The number of aliphatic carboxylic acids is 1. The quantitative estimate of drug-likeness (QED) is 0.140. The molecule has 1 unspecified atom stereocenters. The van der Waals surface area contributed by atoms with Gasteiger partial charge in [0.15, 0.2) is 11.8 Å². The van der Waals surface area contributed by atoms with Crippen LogP contribution in [-0.2, 0) is 28.9 Å². The second-order valence-corrected chi connectivity index (χ2v) is 11.2. The van der Waals surface area contributed by atoms with Gasteiger partial charge in [-0.1, -0.05) is 11.6 Å². The molecule has 4 aromatic rings. The molecule has 0 spiro atoms. The van der Waals surface area contributed by atoms with Crippen molar-refractivity contribution in [1.82, 2.24) is 14.8 Å². The number of aromatic nitrogens is 3. The lowest BCUT2D eigenvalue weighted by atomic mass is 10.1. The molecule has 2 aromatic heterocycles. The van der Waals surface area contributed by atoms with Crippen molar-refractivity contribution in [2.45, 2.75) is 45.3 Å². The zero-order valence-corrected chi connectivity index (χ0v) is 27.4. The molecule has 0 saturated heterocycles. The molecule has 0 aliphatic rings. The Bertz CT molecular complexity index is 1760. The van der Waals surface area contributed by atoms with E-state index in [1.807, 2.05) is 0 Å². The second-order valence-electron chi connectivity index (χ2n) is 9.95. The Labute approximate surface area is 281 Å². The fourth-order valence-electron chi connectivity index (χ4n) is 3.71. The number of esters is 1. The standard InChI is InChI=1S/C15H12BrClF4N2O2.C15H12F3NO4/c1-6(2)25-14(24)7-4-8(10(18)5-9(7)17)12-11(16)13(15(19,20)21)23(3)22-12;1-9(14(20)21)22-11-3-5-12(6-4-11)23-13-7-2-10(8-19-13)15(16,17)18/h4-6H,1-3H3;2-9H,1H3,(H,20,21). The zero-order valence-electron chi connectivity index (χ0n) is 25.1. The number of nitrogens with zero attached hydrogens (tertiary/aromatic N) is 3. The summed E-state index contributed by atoms with van der Waals surface area (Å²) in [7, 11) is 1.08. The maximum atomic E-state index is 14.3. The number of carboxylic acids is 1. The summed E-state index contributed by atoms with van der Waals surface area (Å²) in [5.41, 5.74) is -2.72. The number of carboxylic acid groups (broad SMARTS) is 1. The topological polar surface area (TPSA) is 113 Å². The minimum atomic E-state index is -4.69. The van der Waals surface area contributed by atoms with E-state index < -0.39 is 58.0 Å². The predicted octanol–water partition coefficient (Wildman–Crippen LogP) is 8.97. The summed E-state index contributed by atoms with van der Waals surface area (Å²) < 4.78 is 106. The molecule has 0 bridgehead atoms. The van der Waals surface area contributed by atoms with Gasteiger partial charge in [0.2, 0.25) is 5.88 Å². The van der Waals surface area contributed by atoms with Gasteiger partial charge >= 0.3 is 24.3 Å². The molecule has 18 heteroatoms. The Kier molecular flexibility index (Phi) is 12.1. The third-order valence-electron chi connectivity index (χ3n) is 5.90. The van der Waals surface area contributed by atoms with E-state index in [1.165, 1.54) is 31.2 Å². The summed E-state index contributed by atoms with van der Waals surface area (Å²) in [4.78, 5) is 26.3. The van der Waals surface area contributed by atoms with Crippen LogP contribution in [0.25, 0.3) is 11.3 Å². The molecule has 1 atom stereocenters. The van der Waals surface area contributed by atoms with E-state index in [4.69, 9.17) is 30.9 Å². The van der Waals surface area contributed by atoms with Crippen molar-refractivity contribution in [3.8, 4) is 28.6 Å². The van der Waals surface area contributed by atoms with Gasteiger partial charge in [-0.2, -0.15) is 31.4 Å². The van der Waals surface area contributed by atoms with Crippen LogP contribution in [0, 0.1) is 5.82 Å². The lowest BCUT2D eigenvalue weighted by Gasteiger charge is -2.11. The highest BCUT2D eigenvalue weighted by molar-refractivity contribution is 9.10. The zero-order chi connectivity index (χ0) is 36.1. The molecule has 258 valence electrons. The minimum Gasteiger partial charge on any atom is -0.479 e. The first-order valence-electron chi connectivity index (χ1n) is 13.4. The number of aryl methyl sites for hydroxylation is 1. The lowest BCUT2D eigenvalue weighted by molar-refractivity contribution is -0.145. The van der Waals surface area contributed by atoms with E-state index in [2.05, 4.69) is 26.0 Å². The Morgan fingerprint density at radius 2 is 1.56 bits per heavy atom. The first kappa shape index (κ1) is 38.1. The van der Waals surface area contributed by atoms with E-state index in [0.717, 1.165) is 31.3 Å². The molecular formula is C30H24BrClF7N3O6. The van der Waals surface area contributed by atoms with E-state index in [-0.39, 0.29) is 27.7 Å². The van der Waals surface area contributed by atoms with Gasteiger partial charge in [-0.3, -0.25) is 4.68 Å². The maximum absolute atomic E-state index is 14.3. The molecule has 0 aliphatic carbocycles. The summed E-state index contributed by atoms with van der Waals surface area (Å²) in [5, 5.41) is 12.2. The number of halogens is 9. The van der Waals surface area contributed by atoms with E-state index in [1.54, 1.807) is 13.8 Å². The number of rotatable bonds is 8. The number of alkyl halides is 6. The summed E-state index contributed by atoms with van der Waals surface area (Å²) >= 11 is 8.67. The van der Waals surface area contributed by atoms with Crippen molar-refractivity contribution in [1.29, 1.82) is 0 Å². The van der Waals surface area contributed by atoms with E-state index in [9.17, 15) is 40.3 Å². The number of hydrogen-bond donors (Lipinski definition) is 1. The number of carbonyl (C=O) groups excluding carboxylic acids is 1. The molecule has 2 heterocycles. The smallest absolute Gasteiger partial charge is 0.434 e. The fourth-order valence-corrected chi connectivity index (χ4v) is 4.71. The van der Waals surface area contributed by atoms with Crippen LogP contribution in [-0.4, -0.2) is 44.0 Å². The average Bonchev–Trinajstić information content (AvgIpc) is 3.27. The maximum Gasteiger partial charge on any atom is 0.434 e. The van der Waals surface area contributed by atoms with Crippen LogP contribution in [0.15, 0.2) is 59.2 Å². The monoisotopic (exact) mass is 769 g/mol. The van der Waals surface area contributed by atoms with Crippen molar-refractivity contribution in [3.63, 3.8) is 0 Å². The van der Waals surface area contributed by atoms with Crippen LogP contribution in [0.5, 0.6) is 17.4 Å². The summed E-state index contributed by atoms with van der Waals surface area (Å²) in [5.74, 6) is -2.17. The van der Waals surface area contributed by atoms with Gasteiger partial charge in [-0.05, 0) is 79.2 Å². The van der Waals surface area contributed by atoms with Gasteiger partial charge < -0.3 is 19.3 Å². The molecule has 0 amide bonds. The third kappa shape index (κ3) is 9.82. The van der Waals surface area contributed by atoms with Crippen LogP contribution in [0.4, 0.5) is 30.7 Å². The van der Waals surface area contributed by atoms with Gasteiger partial charge in [0.25, 0.3) is 0 Å². The van der Waals surface area contributed by atoms with Crippen LogP contribution < -0.4 is 9.47 Å².